The van der Waals surface area contributed by atoms with Gasteiger partial charge in [0.1, 0.15) is 5.75 Å². The number of carbonyl (C=O) groups excluding carboxylic acids is 1. The molecule has 1 heterocycles. The zero-order chi connectivity index (χ0) is 20.3. The molecule has 0 saturated carbocycles. The molecule has 28 heavy (non-hydrogen) atoms. The highest BCUT2D eigenvalue weighted by Gasteiger charge is 2.31. The third-order valence-electron chi connectivity index (χ3n) is 4.94. The summed E-state index contributed by atoms with van der Waals surface area (Å²) in [5, 5.41) is 2.78. The Morgan fingerprint density at radius 3 is 2.25 bits per heavy atom. The molecule has 1 N–H and O–H groups in total. The van der Waals surface area contributed by atoms with Crippen LogP contribution in [0.1, 0.15) is 30.6 Å². The number of sulfonamides is 1. The van der Waals surface area contributed by atoms with Crippen LogP contribution in [0.4, 0.5) is 5.69 Å². The largest absolute Gasteiger partial charge is 0.496 e. The molecule has 6 nitrogen and oxygen atoms in total. The number of piperidine rings is 1. The van der Waals surface area contributed by atoms with Crippen molar-refractivity contribution in [1.29, 1.82) is 0 Å². The number of nitrogens with zero attached hydrogens (tertiary/aromatic N) is 1. The van der Waals surface area contributed by atoms with Gasteiger partial charge in [-0.15, -0.1) is 0 Å². The zero-order valence-corrected chi connectivity index (χ0v) is 17.2. The number of rotatable bonds is 5. The molecule has 150 valence electrons. The van der Waals surface area contributed by atoms with E-state index in [1.54, 1.807) is 40.7 Å². The molecule has 3 rings (SSSR count). The zero-order valence-electron chi connectivity index (χ0n) is 16.4. The molecule has 0 unspecified atom stereocenters. The Labute approximate surface area is 166 Å². The van der Waals surface area contributed by atoms with Crippen molar-refractivity contribution in [3.63, 3.8) is 0 Å². The summed E-state index contributed by atoms with van der Waals surface area (Å²) in [6.45, 7) is 5.24. The summed E-state index contributed by atoms with van der Waals surface area (Å²) >= 11 is 0. The third kappa shape index (κ3) is 4.36. The standard InChI is InChI=1S/C21H26N2O4S/c1-15-12-16(2)14-23(13-15)28(25,26)18-10-8-17(9-11-18)22-21(24)19-6-4-5-7-20(19)27-3/h4-11,15-16H,12-14H2,1-3H3,(H,22,24)/t15-,16-/m0/s1. The number of hydrogen-bond acceptors (Lipinski definition) is 4. The fourth-order valence-corrected chi connectivity index (χ4v) is 5.37. The average Bonchev–Trinajstić information content (AvgIpc) is 2.67. The summed E-state index contributed by atoms with van der Waals surface area (Å²) in [5.41, 5.74) is 0.938. The molecule has 1 fully saturated rings. The van der Waals surface area contributed by atoms with Crippen LogP contribution >= 0.6 is 0 Å². The van der Waals surface area contributed by atoms with Crippen molar-refractivity contribution in [2.75, 3.05) is 25.5 Å². The molecular formula is C21H26N2O4S. The van der Waals surface area contributed by atoms with Gasteiger partial charge in [-0.25, -0.2) is 8.42 Å². The first-order valence-corrected chi connectivity index (χ1v) is 10.8. The monoisotopic (exact) mass is 402 g/mol. The second-order valence-corrected chi connectivity index (χ2v) is 9.38. The summed E-state index contributed by atoms with van der Waals surface area (Å²) < 4.78 is 32.6. The van der Waals surface area contributed by atoms with Crippen LogP contribution < -0.4 is 10.1 Å². The maximum Gasteiger partial charge on any atom is 0.259 e. The van der Waals surface area contributed by atoms with Crippen molar-refractivity contribution in [2.45, 2.75) is 25.2 Å². The highest BCUT2D eigenvalue weighted by molar-refractivity contribution is 7.89. The lowest BCUT2D eigenvalue weighted by Gasteiger charge is -2.34. The van der Waals surface area contributed by atoms with Crippen LogP contribution in [0.3, 0.4) is 0 Å². The Balaban J connectivity index is 1.75. The second-order valence-electron chi connectivity index (χ2n) is 7.45. The third-order valence-corrected chi connectivity index (χ3v) is 6.78. The Hall–Kier alpha value is -2.38. The first-order chi connectivity index (χ1) is 13.3. The summed E-state index contributed by atoms with van der Waals surface area (Å²) in [5.74, 6) is 0.857. The van der Waals surface area contributed by atoms with Gasteiger partial charge in [0.15, 0.2) is 0 Å². The fourth-order valence-electron chi connectivity index (χ4n) is 3.69. The molecule has 2 atom stereocenters. The normalized spacial score (nSPS) is 20.5. The predicted molar refractivity (Wildman–Crippen MR) is 109 cm³/mol. The minimum Gasteiger partial charge on any atom is -0.496 e. The van der Waals surface area contributed by atoms with Gasteiger partial charge in [-0.3, -0.25) is 4.79 Å². The molecule has 1 aliphatic rings. The van der Waals surface area contributed by atoms with E-state index in [0.29, 0.717) is 41.9 Å². The van der Waals surface area contributed by atoms with Crippen molar-refractivity contribution in [3.8, 4) is 5.75 Å². The Kier molecular flexibility index (Phi) is 6.05. The number of amides is 1. The number of hydrogen-bond donors (Lipinski definition) is 1. The Bertz CT molecular complexity index is 931. The summed E-state index contributed by atoms with van der Waals surface area (Å²) in [7, 11) is -2.03. The Morgan fingerprint density at radius 2 is 1.64 bits per heavy atom. The predicted octanol–water partition coefficient (Wildman–Crippen LogP) is 3.61. The van der Waals surface area contributed by atoms with Crippen LogP contribution in [-0.2, 0) is 10.0 Å². The number of nitrogens with one attached hydrogen (secondary N) is 1. The van der Waals surface area contributed by atoms with Crippen molar-refractivity contribution >= 4 is 21.6 Å². The summed E-state index contributed by atoms with van der Waals surface area (Å²) in [6.07, 6.45) is 1.04. The van der Waals surface area contributed by atoms with E-state index < -0.39 is 10.0 Å². The van der Waals surface area contributed by atoms with E-state index in [4.69, 9.17) is 4.74 Å². The SMILES string of the molecule is COc1ccccc1C(=O)Nc1ccc(S(=O)(=O)N2C[C@@H](C)C[C@H](C)C2)cc1. The van der Waals surface area contributed by atoms with Gasteiger partial charge in [0.25, 0.3) is 5.91 Å². The van der Waals surface area contributed by atoms with E-state index in [2.05, 4.69) is 19.2 Å². The molecule has 1 aliphatic heterocycles. The van der Waals surface area contributed by atoms with Crippen molar-refractivity contribution in [3.05, 3.63) is 54.1 Å². The van der Waals surface area contributed by atoms with E-state index in [0.717, 1.165) is 6.42 Å². The van der Waals surface area contributed by atoms with Crippen molar-refractivity contribution in [2.24, 2.45) is 11.8 Å². The van der Waals surface area contributed by atoms with Crippen LogP contribution in [0.25, 0.3) is 0 Å². The average molecular weight is 403 g/mol. The lowest BCUT2D eigenvalue weighted by atomic mass is 9.94. The first kappa shape index (κ1) is 20.4. The molecule has 0 radical (unpaired) electrons. The Morgan fingerprint density at radius 1 is 1.04 bits per heavy atom. The summed E-state index contributed by atoms with van der Waals surface area (Å²) in [6, 6.07) is 13.2. The van der Waals surface area contributed by atoms with Crippen LogP contribution in [-0.4, -0.2) is 38.8 Å². The van der Waals surface area contributed by atoms with E-state index in [-0.39, 0.29) is 10.8 Å². The van der Waals surface area contributed by atoms with Gasteiger partial charge in [0.05, 0.1) is 17.6 Å². The summed E-state index contributed by atoms with van der Waals surface area (Å²) in [4.78, 5) is 12.7. The smallest absolute Gasteiger partial charge is 0.259 e. The molecule has 0 spiro atoms. The maximum absolute atomic E-state index is 12.9. The number of carbonyl (C=O) groups is 1. The van der Waals surface area contributed by atoms with Crippen LogP contribution in [0.2, 0.25) is 0 Å². The quantitative estimate of drug-likeness (QED) is 0.829. The van der Waals surface area contributed by atoms with Gasteiger partial charge in [-0.05, 0) is 54.7 Å². The van der Waals surface area contributed by atoms with Crippen LogP contribution in [0, 0.1) is 11.8 Å². The van der Waals surface area contributed by atoms with Crippen molar-refractivity contribution < 1.29 is 17.9 Å². The topological polar surface area (TPSA) is 75.7 Å². The maximum atomic E-state index is 12.9. The molecule has 0 aromatic heterocycles. The minimum atomic E-state index is -3.54. The number of para-hydroxylation sites is 1. The second kappa shape index (κ2) is 8.32. The van der Waals surface area contributed by atoms with E-state index in [1.165, 1.54) is 19.2 Å². The molecular weight excluding hydrogens is 376 g/mol. The van der Waals surface area contributed by atoms with Gasteiger partial charge in [-0.1, -0.05) is 26.0 Å². The minimum absolute atomic E-state index is 0.240. The van der Waals surface area contributed by atoms with Gasteiger partial charge in [-0.2, -0.15) is 4.31 Å². The highest BCUT2D eigenvalue weighted by Crippen LogP contribution is 2.27. The number of ether oxygens (including phenoxy) is 1. The van der Waals surface area contributed by atoms with Gasteiger partial charge < -0.3 is 10.1 Å². The lowest BCUT2D eigenvalue weighted by Crippen LogP contribution is -2.42. The van der Waals surface area contributed by atoms with Gasteiger partial charge in [0.2, 0.25) is 10.0 Å². The molecule has 0 aliphatic carbocycles. The number of benzene rings is 2. The first-order valence-electron chi connectivity index (χ1n) is 9.36. The fraction of sp³-hybridized carbons (Fsp3) is 0.381. The van der Waals surface area contributed by atoms with E-state index >= 15 is 0 Å². The van der Waals surface area contributed by atoms with E-state index in [1.807, 2.05) is 0 Å². The number of methoxy groups -OCH3 is 1. The van der Waals surface area contributed by atoms with Crippen LogP contribution in [0.5, 0.6) is 5.75 Å². The molecule has 1 saturated heterocycles. The molecule has 0 bridgehead atoms. The molecule has 7 heteroatoms. The van der Waals surface area contributed by atoms with E-state index in [9.17, 15) is 13.2 Å². The lowest BCUT2D eigenvalue weighted by molar-refractivity contribution is 0.102. The molecule has 1 amide bonds. The van der Waals surface area contributed by atoms with Gasteiger partial charge in [0, 0.05) is 18.8 Å². The highest BCUT2D eigenvalue weighted by atomic mass is 32.2. The number of anilines is 1. The van der Waals surface area contributed by atoms with Gasteiger partial charge >= 0.3 is 0 Å². The van der Waals surface area contributed by atoms with Crippen molar-refractivity contribution in [1.82, 2.24) is 4.31 Å². The van der Waals surface area contributed by atoms with Crippen LogP contribution in [0.15, 0.2) is 53.4 Å². The molecule has 2 aromatic rings. The molecule has 2 aromatic carbocycles.